The predicted molar refractivity (Wildman–Crippen MR) is 59.0 cm³/mol. The van der Waals surface area contributed by atoms with Gasteiger partial charge in [0.15, 0.2) is 5.82 Å². The van der Waals surface area contributed by atoms with Crippen LogP contribution in [-0.4, -0.2) is 16.5 Å². The Hall–Kier alpha value is -1.13. The Kier molecular flexibility index (Phi) is 2.88. The van der Waals surface area contributed by atoms with Crippen molar-refractivity contribution in [1.82, 2.24) is 10.5 Å². The van der Waals surface area contributed by atoms with E-state index in [9.17, 15) is 0 Å². The molecule has 0 aromatic carbocycles. The number of hydroxylamine groups is 1. The molecule has 0 radical (unpaired) electrons. The smallest absolute Gasteiger partial charge is 0.158 e. The van der Waals surface area contributed by atoms with Crippen LogP contribution in [0.25, 0.3) is 0 Å². The molecule has 0 saturated heterocycles. The zero-order valence-electron chi connectivity index (χ0n) is 8.37. The number of nitrogens with zero attached hydrogens (tertiary/aromatic N) is 2. The molecule has 0 aliphatic heterocycles. The van der Waals surface area contributed by atoms with Gasteiger partial charge in [-0.05, 0) is 25.8 Å². The summed E-state index contributed by atoms with van der Waals surface area (Å²) in [5, 5.41) is 9.10. The summed E-state index contributed by atoms with van der Waals surface area (Å²) in [4.78, 5) is 8.37. The number of aromatic nitrogens is 1. The third-order valence-corrected chi connectivity index (χ3v) is 2.84. The lowest BCUT2D eigenvalue weighted by Gasteiger charge is -2.05. The van der Waals surface area contributed by atoms with E-state index in [0.717, 1.165) is 11.3 Å². The highest BCUT2D eigenvalue weighted by atomic mass is 35.5. The topological polar surface area (TPSA) is 57.5 Å². The molecule has 1 aromatic heterocycles. The molecule has 1 heterocycles. The molecule has 1 aromatic rings. The normalized spacial score (nSPS) is 15.9. The molecule has 1 saturated carbocycles. The van der Waals surface area contributed by atoms with Crippen molar-refractivity contribution in [2.45, 2.75) is 25.7 Å². The number of hydrogen-bond donors (Lipinski definition) is 2. The van der Waals surface area contributed by atoms with Gasteiger partial charge in [0.2, 0.25) is 0 Å². The van der Waals surface area contributed by atoms with Gasteiger partial charge in [0, 0.05) is 22.2 Å². The second kappa shape index (κ2) is 4.16. The summed E-state index contributed by atoms with van der Waals surface area (Å²) < 4.78 is 0. The van der Waals surface area contributed by atoms with Gasteiger partial charge in [0.1, 0.15) is 6.34 Å². The molecule has 1 fully saturated rings. The van der Waals surface area contributed by atoms with Crippen LogP contribution in [0, 0.1) is 6.92 Å². The van der Waals surface area contributed by atoms with Crippen LogP contribution in [0.4, 0.5) is 5.82 Å². The summed E-state index contributed by atoms with van der Waals surface area (Å²) in [6.45, 7) is 1.86. The molecule has 0 unspecified atom stereocenters. The monoisotopic (exact) mass is 225 g/mol. The van der Waals surface area contributed by atoms with E-state index in [1.807, 2.05) is 18.5 Å². The quantitative estimate of drug-likeness (QED) is 0.472. The summed E-state index contributed by atoms with van der Waals surface area (Å²) in [7, 11) is 0. The zero-order valence-corrected chi connectivity index (χ0v) is 9.12. The average Bonchev–Trinajstić information content (AvgIpc) is 3.03. The van der Waals surface area contributed by atoms with Crippen molar-refractivity contribution in [1.29, 1.82) is 0 Å². The van der Waals surface area contributed by atoms with Crippen molar-refractivity contribution in [3.05, 3.63) is 22.3 Å². The lowest BCUT2D eigenvalue weighted by molar-refractivity contribution is 0.240. The molecular formula is C10H12ClN3O. The van der Waals surface area contributed by atoms with Crippen molar-refractivity contribution in [2.75, 3.05) is 0 Å². The van der Waals surface area contributed by atoms with Gasteiger partial charge in [0.25, 0.3) is 0 Å². The highest BCUT2D eigenvalue weighted by Gasteiger charge is 2.26. The van der Waals surface area contributed by atoms with E-state index in [4.69, 9.17) is 16.8 Å². The van der Waals surface area contributed by atoms with E-state index in [2.05, 4.69) is 9.98 Å². The van der Waals surface area contributed by atoms with Crippen LogP contribution >= 0.6 is 11.6 Å². The molecule has 80 valence electrons. The average molecular weight is 226 g/mol. The standard InChI is InChI=1S/C10H12ClN3O/c1-6-8(11)4-9(7-2-3-7)14-10(6)12-5-13-15/h4-5,7,15H,2-3H2,1H3,(H,12,13,14). The Balaban J connectivity index is 2.37. The van der Waals surface area contributed by atoms with Gasteiger partial charge in [-0.15, -0.1) is 0 Å². The number of hydrogen-bond acceptors (Lipinski definition) is 3. The molecule has 5 heteroatoms. The number of halogens is 1. The molecule has 0 bridgehead atoms. The summed E-state index contributed by atoms with van der Waals surface area (Å²) in [5.41, 5.74) is 3.67. The minimum absolute atomic E-state index is 0.541. The van der Waals surface area contributed by atoms with Gasteiger partial charge in [-0.25, -0.2) is 9.98 Å². The second-order valence-electron chi connectivity index (χ2n) is 3.64. The Morgan fingerprint density at radius 3 is 3.00 bits per heavy atom. The fourth-order valence-corrected chi connectivity index (χ4v) is 1.58. The fraction of sp³-hybridized carbons (Fsp3) is 0.400. The van der Waals surface area contributed by atoms with Crippen LogP contribution in [0.3, 0.4) is 0 Å². The van der Waals surface area contributed by atoms with E-state index >= 15 is 0 Å². The van der Waals surface area contributed by atoms with E-state index in [1.54, 1.807) is 0 Å². The van der Waals surface area contributed by atoms with Crippen molar-refractivity contribution >= 4 is 23.8 Å². The van der Waals surface area contributed by atoms with Gasteiger partial charge in [-0.2, -0.15) is 0 Å². The Morgan fingerprint density at radius 2 is 2.40 bits per heavy atom. The predicted octanol–water partition coefficient (Wildman–Crippen LogP) is 2.56. The molecule has 0 spiro atoms. The number of nitrogens with one attached hydrogen (secondary N) is 1. The largest absolute Gasteiger partial charge is 0.290 e. The first-order valence-electron chi connectivity index (χ1n) is 4.81. The molecule has 15 heavy (non-hydrogen) atoms. The molecule has 0 amide bonds. The molecule has 0 atom stereocenters. The highest BCUT2D eigenvalue weighted by Crippen LogP contribution is 2.41. The van der Waals surface area contributed by atoms with E-state index in [0.29, 0.717) is 16.8 Å². The lowest BCUT2D eigenvalue weighted by atomic mass is 10.2. The Labute approximate surface area is 93.0 Å². The summed E-state index contributed by atoms with van der Waals surface area (Å²) >= 11 is 6.07. The summed E-state index contributed by atoms with van der Waals surface area (Å²) in [5.74, 6) is 1.10. The molecule has 1 aliphatic rings. The maximum absolute atomic E-state index is 8.42. The van der Waals surface area contributed by atoms with Crippen LogP contribution in [0.15, 0.2) is 11.1 Å². The van der Waals surface area contributed by atoms with Crippen molar-refractivity contribution in [2.24, 2.45) is 4.99 Å². The Bertz CT molecular complexity index is 402. The SMILES string of the molecule is Cc1c(Cl)cc(C2CC2)nc1/N=C/NO. The van der Waals surface area contributed by atoms with E-state index < -0.39 is 0 Å². The van der Waals surface area contributed by atoms with Gasteiger partial charge in [0.05, 0.1) is 0 Å². The third kappa shape index (κ3) is 2.27. The van der Waals surface area contributed by atoms with Gasteiger partial charge >= 0.3 is 0 Å². The highest BCUT2D eigenvalue weighted by molar-refractivity contribution is 6.31. The molecule has 1 aliphatic carbocycles. The number of pyridine rings is 1. The van der Waals surface area contributed by atoms with E-state index in [1.165, 1.54) is 19.2 Å². The summed E-state index contributed by atoms with van der Waals surface area (Å²) in [6, 6.07) is 1.90. The fourth-order valence-electron chi connectivity index (χ4n) is 1.39. The molecule has 2 N–H and O–H groups in total. The Morgan fingerprint density at radius 1 is 1.67 bits per heavy atom. The maximum Gasteiger partial charge on any atom is 0.158 e. The minimum atomic E-state index is 0.541. The first kappa shape index (κ1) is 10.4. The third-order valence-electron chi connectivity index (χ3n) is 2.44. The van der Waals surface area contributed by atoms with Crippen LogP contribution in [0.1, 0.15) is 30.0 Å². The lowest BCUT2D eigenvalue weighted by Crippen LogP contribution is -2.02. The van der Waals surface area contributed by atoms with Crippen molar-refractivity contribution < 1.29 is 5.21 Å². The van der Waals surface area contributed by atoms with Crippen LogP contribution in [0.2, 0.25) is 5.02 Å². The first-order chi connectivity index (χ1) is 7.22. The number of rotatable bonds is 3. The summed E-state index contributed by atoms with van der Waals surface area (Å²) in [6.07, 6.45) is 3.53. The van der Waals surface area contributed by atoms with Crippen LogP contribution < -0.4 is 5.48 Å². The maximum atomic E-state index is 8.42. The van der Waals surface area contributed by atoms with Gasteiger partial charge in [-0.1, -0.05) is 11.6 Å². The molecule has 4 nitrogen and oxygen atoms in total. The minimum Gasteiger partial charge on any atom is -0.290 e. The van der Waals surface area contributed by atoms with Crippen LogP contribution in [0.5, 0.6) is 0 Å². The van der Waals surface area contributed by atoms with Gasteiger partial charge in [-0.3, -0.25) is 10.7 Å². The number of aliphatic imine (C=N–C) groups is 1. The van der Waals surface area contributed by atoms with Gasteiger partial charge < -0.3 is 0 Å². The first-order valence-corrected chi connectivity index (χ1v) is 5.19. The van der Waals surface area contributed by atoms with Crippen molar-refractivity contribution in [3.63, 3.8) is 0 Å². The molecular weight excluding hydrogens is 214 g/mol. The van der Waals surface area contributed by atoms with Crippen LogP contribution in [-0.2, 0) is 0 Å². The van der Waals surface area contributed by atoms with E-state index in [-0.39, 0.29) is 0 Å². The van der Waals surface area contributed by atoms with Crippen molar-refractivity contribution in [3.8, 4) is 0 Å². The molecule has 2 rings (SSSR count). The second-order valence-corrected chi connectivity index (χ2v) is 4.05. The zero-order chi connectivity index (χ0) is 10.8.